The maximum absolute atomic E-state index is 12.0. The molecule has 2 heterocycles. The van der Waals surface area contributed by atoms with Crippen LogP contribution >= 0.6 is 11.3 Å². The molecule has 1 aromatic heterocycles. The number of aromatic amines is 1. The Kier molecular flexibility index (Phi) is 4.74. The smallest absolute Gasteiger partial charge is 0.318 e. The third kappa shape index (κ3) is 3.81. The summed E-state index contributed by atoms with van der Waals surface area (Å²) >= 11 is 1.03. The molecule has 1 aliphatic heterocycles. The Morgan fingerprint density at radius 2 is 2.40 bits per heavy atom. The number of ether oxygens (including phenoxy) is 1. The molecule has 1 aliphatic rings. The lowest BCUT2D eigenvalue weighted by molar-refractivity contribution is -0.139. The van der Waals surface area contributed by atoms with E-state index in [4.69, 9.17) is 9.84 Å². The van der Waals surface area contributed by atoms with Crippen LogP contribution in [0.5, 0.6) is 0 Å². The monoisotopic (exact) mass is 301 g/mol. The Morgan fingerprint density at radius 1 is 1.60 bits per heavy atom. The lowest BCUT2D eigenvalue weighted by Gasteiger charge is -2.34. The van der Waals surface area contributed by atoms with Gasteiger partial charge in [-0.2, -0.15) is 0 Å². The van der Waals surface area contributed by atoms with Crippen molar-refractivity contribution in [2.45, 2.75) is 19.0 Å². The number of carboxylic acids is 1. The summed E-state index contributed by atoms with van der Waals surface area (Å²) in [7, 11) is 0. The molecule has 0 aromatic carbocycles. The number of urea groups is 1. The summed E-state index contributed by atoms with van der Waals surface area (Å²) in [6, 6.07) is -0.825. The SMILES string of the molecule is O=C(O)CC1COCCN1C(=O)NCc1csc(=O)[nH]1. The van der Waals surface area contributed by atoms with Crippen molar-refractivity contribution in [2.75, 3.05) is 19.8 Å². The second-order valence-corrected chi connectivity index (χ2v) is 5.19. The third-order valence-electron chi connectivity index (χ3n) is 2.90. The summed E-state index contributed by atoms with van der Waals surface area (Å²) in [5.74, 6) is -0.972. The van der Waals surface area contributed by atoms with Crippen molar-refractivity contribution >= 4 is 23.3 Å². The van der Waals surface area contributed by atoms with Gasteiger partial charge in [0.15, 0.2) is 0 Å². The zero-order chi connectivity index (χ0) is 14.5. The molecule has 9 heteroatoms. The first-order valence-corrected chi connectivity index (χ1v) is 6.95. The van der Waals surface area contributed by atoms with Crippen LogP contribution in [0.3, 0.4) is 0 Å². The van der Waals surface area contributed by atoms with Crippen LogP contribution in [-0.2, 0) is 16.1 Å². The van der Waals surface area contributed by atoms with E-state index in [1.54, 1.807) is 5.38 Å². The van der Waals surface area contributed by atoms with Gasteiger partial charge in [-0.3, -0.25) is 9.59 Å². The number of nitrogens with one attached hydrogen (secondary N) is 2. The number of amides is 2. The molecule has 0 saturated carbocycles. The second kappa shape index (κ2) is 6.53. The molecule has 0 bridgehead atoms. The van der Waals surface area contributed by atoms with Gasteiger partial charge in [0, 0.05) is 17.6 Å². The zero-order valence-corrected chi connectivity index (χ0v) is 11.4. The van der Waals surface area contributed by atoms with Crippen molar-refractivity contribution < 1.29 is 19.4 Å². The van der Waals surface area contributed by atoms with Crippen LogP contribution in [0.25, 0.3) is 0 Å². The van der Waals surface area contributed by atoms with Gasteiger partial charge in [0.2, 0.25) is 0 Å². The predicted octanol–water partition coefficient (Wildman–Crippen LogP) is -0.179. The number of H-pyrrole nitrogens is 1. The number of thiazole rings is 1. The van der Waals surface area contributed by atoms with Crippen LogP contribution < -0.4 is 10.2 Å². The first-order chi connectivity index (χ1) is 9.56. The normalized spacial score (nSPS) is 18.8. The Balaban J connectivity index is 1.91. The number of rotatable bonds is 4. The summed E-state index contributed by atoms with van der Waals surface area (Å²) in [4.78, 5) is 37.7. The fourth-order valence-electron chi connectivity index (χ4n) is 1.97. The van der Waals surface area contributed by atoms with Crippen molar-refractivity contribution in [1.82, 2.24) is 15.2 Å². The van der Waals surface area contributed by atoms with Gasteiger partial charge in [0.05, 0.1) is 32.2 Å². The molecular weight excluding hydrogens is 286 g/mol. The molecule has 110 valence electrons. The topological polar surface area (TPSA) is 112 Å². The van der Waals surface area contributed by atoms with E-state index in [2.05, 4.69) is 10.3 Å². The van der Waals surface area contributed by atoms with E-state index in [1.807, 2.05) is 0 Å². The average molecular weight is 301 g/mol. The van der Waals surface area contributed by atoms with Crippen molar-refractivity contribution in [2.24, 2.45) is 0 Å². The van der Waals surface area contributed by atoms with Gasteiger partial charge >= 0.3 is 16.9 Å². The first kappa shape index (κ1) is 14.5. The number of carboxylic acid groups (broad SMARTS) is 1. The number of carbonyl (C=O) groups excluding carboxylic acids is 1. The fourth-order valence-corrected chi connectivity index (χ4v) is 2.55. The van der Waals surface area contributed by atoms with Gasteiger partial charge in [-0.15, -0.1) is 0 Å². The molecule has 3 N–H and O–H groups in total. The number of hydrogen-bond acceptors (Lipinski definition) is 5. The van der Waals surface area contributed by atoms with E-state index >= 15 is 0 Å². The molecule has 1 fully saturated rings. The van der Waals surface area contributed by atoms with E-state index in [1.165, 1.54) is 4.90 Å². The van der Waals surface area contributed by atoms with Crippen LogP contribution in [-0.4, -0.2) is 52.8 Å². The van der Waals surface area contributed by atoms with Gasteiger partial charge in [-0.25, -0.2) is 4.79 Å². The highest BCUT2D eigenvalue weighted by Crippen LogP contribution is 2.11. The molecule has 0 radical (unpaired) electrons. The van der Waals surface area contributed by atoms with Gasteiger partial charge in [-0.1, -0.05) is 11.3 Å². The number of morpholine rings is 1. The first-order valence-electron chi connectivity index (χ1n) is 6.07. The van der Waals surface area contributed by atoms with E-state index in [-0.39, 0.29) is 30.5 Å². The van der Waals surface area contributed by atoms with Crippen LogP contribution in [0.15, 0.2) is 10.2 Å². The summed E-state index contributed by atoms with van der Waals surface area (Å²) in [5, 5.41) is 13.1. The Labute approximate surface area is 118 Å². The van der Waals surface area contributed by atoms with E-state index in [9.17, 15) is 14.4 Å². The molecule has 1 unspecified atom stereocenters. The second-order valence-electron chi connectivity index (χ2n) is 4.35. The molecule has 20 heavy (non-hydrogen) atoms. The maximum atomic E-state index is 12.0. The Bertz CT molecular complexity index is 540. The minimum absolute atomic E-state index is 0.150. The zero-order valence-electron chi connectivity index (χ0n) is 10.6. The molecule has 1 atom stereocenters. The standard InChI is InChI=1S/C11H15N3O5S/c15-9(16)3-8-5-19-2-1-14(8)10(17)12-4-7-6-20-11(18)13-7/h6,8H,1-5H2,(H,12,17)(H,13,18)(H,15,16). The summed E-state index contributed by atoms with van der Waals surface area (Å²) in [5.41, 5.74) is 0.622. The number of nitrogens with zero attached hydrogens (tertiary/aromatic N) is 1. The molecule has 1 saturated heterocycles. The van der Waals surface area contributed by atoms with Crippen molar-refractivity contribution in [3.05, 3.63) is 20.7 Å². The van der Waals surface area contributed by atoms with E-state index in [0.717, 1.165) is 11.3 Å². The van der Waals surface area contributed by atoms with Crippen LogP contribution in [0, 0.1) is 0 Å². The summed E-state index contributed by atoms with van der Waals surface area (Å²) < 4.78 is 5.20. The van der Waals surface area contributed by atoms with Gasteiger partial charge in [-0.05, 0) is 0 Å². The number of aromatic nitrogens is 1. The molecule has 0 spiro atoms. The number of hydrogen-bond donors (Lipinski definition) is 3. The number of carbonyl (C=O) groups is 2. The Hall–Kier alpha value is -1.87. The molecule has 2 amide bonds. The van der Waals surface area contributed by atoms with Crippen LogP contribution in [0.1, 0.15) is 12.1 Å². The van der Waals surface area contributed by atoms with E-state index in [0.29, 0.717) is 18.8 Å². The quantitative estimate of drug-likeness (QED) is 0.714. The minimum atomic E-state index is -0.972. The fraction of sp³-hybridized carbons (Fsp3) is 0.545. The van der Waals surface area contributed by atoms with Crippen molar-refractivity contribution in [3.63, 3.8) is 0 Å². The summed E-state index contributed by atoms with van der Waals surface area (Å²) in [6.07, 6.45) is -0.150. The van der Waals surface area contributed by atoms with Gasteiger partial charge in [0.1, 0.15) is 0 Å². The molecule has 0 aliphatic carbocycles. The molecule has 8 nitrogen and oxygen atoms in total. The molecule has 2 rings (SSSR count). The average Bonchev–Trinajstić information content (AvgIpc) is 2.82. The third-order valence-corrected chi connectivity index (χ3v) is 3.62. The van der Waals surface area contributed by atoms with Crippen LogP contribution in [0.4, 0.5) is 4.79 Å². The predicted molar refractivity (Wildman–Crippen MR) is 70.7 cm³/mol. The Morgan fingerprint density at radius 3 is 3.05 bits per heavy atom. The minimum Gasteiger partial charge on any atom is -0.481 e. The maximum Gasteiger partial charge on any atom is 0.318 e. The summed E-state index contributed by atoms with van der Waals surface area (Å²) in [6.45, 7) is 1.16. The highest BCUT2D eigenvalue weighted by Gasteiger charge is 2.28. The highest BCUT2D eigenvalue weighted by atomic mass is 32.1. The largest absolute Gasteiger partial charge is 0.481 e. The van der Waals surface area contributed by atoms with E-state index < -0.39 is 12.0 Å². The lowest BCUT2D eigenvalue weighted by atomic mass is 10.1. The molecule has 1 aromatic rings. The van der Waals surface area contributed by atoms with Gasteiger partial charge < -0.3 is 25.0 Å². The number of aliphatic carboxylic acids is 1. The molecular formula is C11H15N3O5S. The van der Waals surface area contributed by atoms with Crippen LogP contribution in [0.2, 0.25) is 0 Å². The van der Waals surface area contributed by atoms with Crippen molar-refractivity contribution in [1.29, 1.82) is 0 Å². The lowest BCUT2D eigenvalue weighted by Crippen LogP contribution is -2.53. The highest BCUT2D eigenvalue weighted by molar-refractivity contribution is 7.07. The van der Waals surface area contributed by atoms with Gasteiger partial charge in [0.25, 0.3) is 0 Å². The van der Waals surface area contributed by atoms with Crippen molar-refractivity contribution in [3.8, 4) is 0 Å².